The van der Waals surface area contributed by atoms with Crippen molar-refractivity contribution in [2.24, 2.45) is 33.5 Å². The van der Waals surface area contributed by atoms with E-state index < -0.39 is 38.0 Å². The summed E-state index contributed by atoms with van der Waals surface area (Å²) in [6.07, 6.45) is 11.3. The molecule has 3 fully saturated rings. The average molecular weight is 760 g/mol. The molecule has 3 saturated carbocycles. The number of allylic oxidation sites excluding steroid dienone is 4. The lowest BCUT2D eigenvalue weighted by Crippen LogP contribution is -2.67. The summed E-state index contributed by atoms with van der Waals surface area (Å²) in [7, 11) is -3.91. The second-order valence-corrected chi connectivity index (χ2v) is 20.4. The van der Waals surface area contributed by atoms with Crippen LogP contribution in [-0.2, 0) is 16.6 Å². The zero-order valence-corrected chi connectivity index (χ0v) is 32.7. The Morgan fingerprint density at radius 1 is 0.796 bits per heavy atom. The van der Waals surface area contributed by atoms with Gasteiger partial charge in [-0.3, -0.25) is 4.79 Å². The van der Waals surface area contributed by atoms with Crippen molar-refractivity contribution in [3.63, 3.8) is 0 Å². The first-order valence-corrected chi connectivity index (χ1v) is 21.8. The van der Waals surface area contributed by atoms with Crippen molar-refractivity contribution in [1.82, 2.24) is 4.31 Å². The molecule has 6 aliphatic carbocycles. The Balaban J connectivity index is 1.13. The standard InChI is InChI=1S/C46H49NO5S2/c1-42-22-19-36(48)28-44(42)25-26-46(37(29-44)41(49)35-17-15-34(16-18-35)33-12-7-4-8-13-33)38(42)20-23-43(2)39(46)21-24-45(43,50)31-47(30-32-10-5-3-6-11-32)54(51,52)40-14-9-27-53-40/h3-18,25-27,29,36,38-39,48,50H,19-24,28,30-31H2,1-2H3/t36?,38-,39-,42-,43+,44+,45-,46-/m1/s1. The predicted octanol–water partition coefficient (Wildman–Crippen LogP) is 9.08. The summed E-state index contributed by atoms with van der Waals surface area (Å²) in [4.78, 5) is 15.1. The lowest BCUT2D eigenvalue weighted by Gasteiger charge is -2.71. The van der Waals surface area contributed by atoms with Gasteiger partial charge in [0.05, 0.1) is 11.7 Å². The fourth-order valence-electron chi connectivity index (χ4n) is 12.0. The van der Waals surface area contributed by atoms with Gasteiger partial charge in [-0.2, -0.15) is 4.31 Å². The van der Waals surface area contributed by atoms with E-state index in [9.17, 15) is 18.6 Å². The molecule has 2 bridgehead atoms. The largest absolute Gasteiger partial charge is 0.393 e. The third kappa shape index (κ3) is 5.13. The van der Waals surface area contributed by atoms with Gasteiger partial charge >= 0.3 is 0 Å². The first-order valence-electron chi connectivity index (χ1n) is 19.5. The van der Waals surface area contributed by atoms with Gasteiger partial charge in [0.25, 0.3) is 10.0 Å². The molecule has 6 aliphatic rings. The van der Waals surface area contributed by atoms with Gasteiger partial charge in [-0.1, -0.05) is 123 Å². The Labute approximate surface area is 323 Å². The lowest BCUT2D eigenvalue weighted by atomic mass is 9.32. The van der Waals surface area contributed by atoms with Gasteiger partial charge in [0.1, 0.15) is 4.21 Å². The molecule has 2 spiro atoms. The number of fused-ring (bicyclic) bond motifs is 1. The Hall–Kier alpha value is -3.66. The van der Waals surface area contributed by atoms with Crippen LogP contribution in [0.3, 0.4) is 0 Å². The number of carbonyl (C=O) groups excluding carboxylic acids is 1. The SMILES string of the molecule is C[C@]12CC[C@H]3[C@]4(C=C[C@@]5(C=C4C(=O)c4ccc(-c6ccccc6)cc4)CC(O)CC[C@]35C)[C@@H]1CC[C@@]2(O)CN(Cc1ccccc1)S(=O)(=O)c1cccs1. The van der Waals surface area contributed by atoms with Crippen molar-refractivity contribution in [3.8, 4) is 11.1 Å². The highest BCUT2D eigenvalue weighted by Crippen LogP contribution is 2.78. The van der Waals surface area contributed by atoms with E-state index in [0.717, 1.165) is 47.9 Å². The first-order chi connectivity index (χ1) is 25.9. The molecule has 1 aromatic heterocycles. The molecule has 0 saturated heterocycles. The number of ketones is 1. The molecule has 0 aliphatic heterocycles. The van der Waals surface area contributed by atoms with Crippen molar-refractivity contribution in [1.29, 1.82) is 0 Å². The van der Waals surface area contributed by atoms with Gasteiger partial charge < -0.3 is 10.2 Å². The van der Waals surface area contributed by atoms with Crippen LogP contribution < -0.4 is 0 Å². The van der Waals surface area contributed by atoms with E-state index in [1.165, 1.54) is 15.6 Å². The van der Waals surface area contributed by atoms with Crippen LogP contribution in [-0.4, -0.2) is 47.0 Å². The van der Waals surface area contributed by atoms with Crippen LogP contribution in [0.1, 0.15) is 74.7 Å². The molecule has 8 atom stereocenters. The first kappa shape index (κ1) is 36.0. The number of hydrogen-bond acceptors (Lipinski definition) is 6. The maximum absolute atomic E-state index is 15.1. The number of rotatable bonds is 9. The quantitative estimate of drug-likeness (QED) is 0.131. The second-order valence-electron chi connectivity index (χ2n) is 17.3. The minimum atomic E-state index is -3.91. The summed E-state index contributed by atoms with van der Waals surface area (Å²) < 4.78 is 30.4. The smallest absolute Gasteiger partial charge is 0.252 e. The van der Waals surface area contributed by atoms with Crippen LogP contribution in [0.25, 0.3) is 11.1 Å². The highest BCUT2D eigenvalue weighted by molar-refractivity contribution is 7.91. The minimum absolute atomic E-state index is 0.0103. The molecular formula is C46H49NO5S2. The van der Waals surface area contributed by atoms with Gasteiger partial charge in [-0.05, 0) is 90.3 Å². The molecule has 4 aromatic rings. The summed E-state index contributed by atoms with van der Waals surface area (Å²) in [5, 5.41) is 26.0. The fourth-order valence-corrected chi connectivity index (χ4v) is 14.7. The number of thiophene rings is 1. The number of benzene rings is 3. The number of aliphatic hydroxyl groups excluding tert-OH is 1. The number of aliphatic hydroxyl groups is 2. The molecule has 3 aromatic carbocycles. The van der Waals surface area contributed by atoms with E-state index in [-0.39, 0.29) is 40.3 Å². The summed E-state index contributed by atoms with van der Waals surface area (Å²) >= 11 is 1.20. The third-order valence-corrected chi connectivity index (χ3v) is 18.1. The Morgan fingerprint density at radius 2 is 1.44 bits per heavy atom. The number of Topliss-reactive ketones (excluding diaryl/α,β-unsaturated/α-hetero) is 1. The maximum atomic E-state index is 15.1. The van der Waals surface area contributed by atoms with Crippen molar-refractivity contribution in [2.75, 3.05) is 6.54 Å². The molecule has 1 heterocycles. The summed E-state index contributed by atoms with van der Waals surface area (Å²) in [6.45, 7) is 4.68. The maximum Gasteiger partial charge on any atom is 0.252 e. The predicted molar refractivity (Wildman–Crippen MR) is 213 cm³/mol. The van der Waals surface area contributed by atoms with E-state index in [1.807, 2.05) is 72.8 Å². The Morgan fingerprint density at radius 3 is 2.15 bits per heavy atom. The highest BCUT2D eigenvalue weighted by Gasteiger charge is 2.74. The zero-order chi connectivity index (χ0) is 37.6. The normalized spacial score (nSPS) is 35.3. The van der Waals surface area contributed by atoms with Crippen LogP contribution in [0.15, 0.2) is 130 Å². The van der Waals surface area contributed by atoms with Crippen molar-refractivity contribution < 1.29 is 23.4 Å². The molecule has 54 heavy (non-hydrogen) atoms. The number of carbonyl (C=O) groups is 1. The van der Waals surface area contributed by atoms with E-state index in [0.29, 0.717) is 24.8 Å². The monoisotopic (exact) mass is 759 g/mol. The fraction of sp³-hybridized carbons (Fsp3) is 0.413. The van der Waals surface area contributed by atoms with Gasteiger partial charge in [-0.25, -0.2) is 8.42 Å². The van der Waals surface area contributed by atoms with Crippen molar-refractivity contribution in [2.45, 2.75) is 81.3 Å². The van der Waals surface area contributed by atoms with E-state index in [2.05, 4.69) is 44.2 Å². The molecule has 8 heteroatoms. The van der Waals surface area contributed by atoms with Gasteiger partial charge in [-0.15, -0.1) is 11.3 Å². The Bertz CT molecular complexity index is 2240. The van der Waals surface area contributed by atoms with Gasteiger partial charge in [0.15, 0.2) is 5.78 Å². The van der Waals surface area contributed by atoms with Gasteiger partial charge in [0.2, 0.25) is 0 Å². The van der Waals surface area contributed by atoms with E-state index in [4.69, 9.17) is 0 Å². The van der Waals surface area contributed by atoms with Gasteiger partial charge in [0, 0.05) is 40.5 Å². The molecule has 0 radical (unpaired) electrons. The Kier molecular flexibility index (Phi) is 8.46. The highest BCUT2D eigenvalue weighted by atomic mass is 32.2. The third-order valence-electron chi connectivity index (χ3n) is 14.9. The molecule has 0 amide bonds. The topological polar surface area (TPSA) is 94.9 Å². The molecule has 280 valence electrons. The van der Waals surface area contributed by atoms with Crippen LogP contribution in [0, 0.1) is 33.5 Å². The summed E-state index contributed by atoms with van der Waals surface area (Å²) in [5.41, 5.74) is 1.20. The van der Waals surface area contributed by atoms with E-state index >= 15 is 4.79 Å². The van der Waals surface area contributed by atoms with Crippen LogP contribution >= 0.6 is 11.3 Å². The lowest BCUT2D eigenvalue weighted by molar-refractivity contribution is -0.173. The van der Waals surface area contributed by atoms with Crippen molar-refractivity contribution in [3.05, 3.63) is 137 Å². The molecule has 6 nitrogen and oxygen atoms in total. The van der Waals surface area contributed by atoms with Crippen molar-refractivity contribution >= 4 is 27.1 Å². The van der Waals surface area contributed by atoms with Crippen LogP contribution in [0.4, 0.5) is 0 Å². The number of nitrogens with zero attached hydrogens (tertiary/aromatic N) is 1. The molecular weight excluding hydrogens is 711 g/mol. The number of hydrogen-bond donors (Lipinski definition) is 2. The number of sulfonamides is 1. The minimum Gasteiger partial charge on any atom is -0.393 e. The van der Waals surface area contributed by atoms with E-state index in [1.54, 1.807) is 17.5 Å². The zero-order valence-electron chi connectivity index (χ0n) is 31.0. The summed E-state index contributed by atoms with van der Waals surface area (Å²) in [5.74, 6) is 0.0654. The summed E-state index contributed by atoms with van der Waals surface area (Å²) in [6, 6.07) is 31.1. The van der Waals surface area contributed by atoms with Crippen LogP contribution in [0.5, 0.6) is 0 Å². The van der Waals surface area contributed by atoms with Crippen LogP contribution in [0.2, 0.25) is 0 Å². The molecule has 1 unspecified atom stereocenters. The molecule has 2 N–H and O–H groups in total. The second kappa shape index (κ2) is 12.7. The average Bonchev–Trinajstić information content (AvgIpc) is 3.82. The molecule has 10 rings (SSSR count).